The van der Waals surface area contributed by atoms with E-state index in [1.54, 1.807) is 0 Å². The third-order valence-electron chi connectivity index (χ3n) is 5.25. The van der Waals surface area contributed by atoms with Gasteiger partial charge in [0.05, 0.1) is 0 Å². The molecule has 1 fully saturated rings. The van der Waals surface area contributed by atoms with Gasteiger partial charge >= 0.3 is 5.97 Å². The third kappa shape index (κ3) is 6.24. The number of hydrogen-bond acceptors (Lipinski definition) is 4. The second kappa shape index (κ2) is 10.5. The Morgan fingerprint density at radius 2 is 2.00 bits per heavy atom. The van der Waals surface area contributed by atoms with Crippen molar-refractivity contribution in [1.82, 2.24) is 9.88 Å². The van der Waals surface area contributed by atoms with Crippen molar-refractivity contribution in [2.45, 2.75) is 71.8 Å². The lowest BCUT2D eigenvalue weighted by Crippen LogP contribution is -2.26. The number of aryl methyl sites for hydroxylation is 1. The van der Waals surface area contributed by atoms with Gasteiger partial charge in [-0.25, -0.2) is 0 Å². The smallest absolute Gasteiger partial charge is 0.305 e. The van der Waals surface area contributed by atoms with Gasteiger partial charge in [0.2, 0.25) is 0 Å². The maximum absolute atomic E-state index is 10.9. The van der Waals surface area contributed by atoms with E-state index in [4.69, 9.17) is 4.74 Å². The molecule has 1 saturated carbocycles. The van der Waals surface area contributed by atoms with E-state index in [9.17, 15) is 4.79 Å². The molecule has 144 valence electrons. The van der Waals surface area contributed by atoms with Crippen LogP contribution in [0.3, 0.4) is 0 Å². The highest BCUT2D eigenvalue weighted by Crippen LogP contribution is 2.28. The summed E-state index contributed by atoms with van der Waals surface area (Å²) >= 11 is 0. The average Bonchev–Trinajstić information content (AvgIpc) is 2.64. The fourth-order valence-electron chi connectivity index (χ4n) is 3.72. The monoisotopic (exact) mass is 358 g/mol. The normalized spacial score (nSPS) is 18.9. The molecular weight excluding hydrogens is 324 g/mol. The summed E-state index contributed by atoms with van der Waals surface area (Å²) in [5.74, 6) is -0.0445. The second-order valence-electron chi connectivity index (χ2n) is 7.54. The fourth-order valence-corrected chi connectivity index (χ4v) is 3.72. The highest BCUT2D eigenvalue weighted by Gasteiger charge is 2.16. The molecule has 0 saturated heterocycles. The van der Waals surface area contributed by atoms with Gasteiger partial charge in [-0.15, -0.1) is 0 Å². The van der Waals surface area contributed by atoms with Gasteiger partial charge < -0.3 is 9.64 Å². The summed E-state index contributed by atoms with van der Waals surface area (Å²) in [7, 11) is 2.18. The van der Waals surface area contributed by atoms with Gasteiger partial charge in [-0.05, 0) is 75.8 Å². The molecule has 0 bridgehead atoms. The zero-order chi connectivity index (χ0) is 18.9. The van der Waals surface area contributed by atoms with Crippen molar-refractivity contribution in [3.05, 3.63) is 35.2 Å². The van der Waals surface area contributed by atoms with E-state index in [0.717, 1.165) is 32.4 Å². The van der Waals surface area contributed by atoms with Gasteiger partial charge in [0.1, 0.15) is 6.10 Å². The summed E-state index contributed by atoms with van der Waals surface area (Å²) in [6.07, 6.45) is 11.6. The lowest BCUT2D eigenvalue weighted by Gasteiger charge is -2.26. The highest BCUT2D eigenvalue weighted by atomic mass is 16.5. The molecule has 2 aliphatic rings. The summed E-state index contributed by atoms with van der Waals surface area (Å²) in [6.45, 7) is 8.47. The molecule has 0 radical (unpaired) electrons. The number of hydrogen-bond donors (Lipinski definition) is 0. The number of aromatic nitrogens is 1. The van der Waals surface area contributed by atoms with E-state index in [1.807, 2.05) is 19.3 Å². The van der Waals surface area contributed by atoms with E-state index in [1.165, 1.54) is 41.5 Å². The first-order valence-corrected chi connectivity index (χ1v) is 9.98. The first kappa shape index (κ1) is 20.6. The zero-order valence-corrected chi connectivity index (χ0v) is 16.9. The molecule has 2 heterocycles. The molecule has 4 heteroatoms. The maximum atomic E-state index is 10.9. The van der Waals surface area contributed by atoms with Gasteiger partial charge in [0.25, 0.3) is 0 Å². The molecule has 26 heavy (non-hydrogen) atoms. The van der Waals surface area contributed by atoms with Crippen LogP contribution < -0.4 is 0 Å². The number of carbonyl (C=O) groups is 1. The molecule has 0 atom stereocenters. The average molecular weight is 359 g/mol. The maximum Gasteiger partial charge on any atom is 0.305 e. The van der Waals surface area contributed by atoms with Gasteiger partial charge in [0.15, 0.2) is 0 Å². The first-order valence-electron chi connectivity index (χ1n) is 9.98. The van der Waals surface area contributed by atoms with Crippen molar-refractivity contribution < 1.29 is 9.53 Å². The van der Waals surface area contributed by atoms with Crippen LogP contribution in [0.2, 0.25) is 0 Å². The molecule has 0 spiro atoms. The van der Waals surface area contributed by atoms with Crippen LogP contribution in [0.1, 0.15) is 69.9 Å². The molecule has 1 aliphatic carbocycles. The molecular formula is C22H34N2O2. The first-order chi connectivity index (χ1) is 12.5. The summed E-state index contributed by atoms with van der Waals surface area (Å²) < 4.78 is 5.20. The Morgan fingerprint density at radius 1 is 1.27 bits per heavy atom. The van der Waals surface area contributed by atoms with Crippen LogP contribution in [-0.2, 0) is 9.53 Å². The van der Waals surface area contributed by atoms with Gasteiger partial charge in [0, 0.05) is 31.9 Å². The predicted octanol–water partition coefficient (Wildman–Crippen LogP) is 4.77. The third-order valence-corrected chi connectivity index (χ3v) is 5.25. The molecule has 1 aromatic heterocycles. The Balaban J connectivity index is 0.000000197. The molecule has 1 aromatic rings. The van der Waals surface area contributed by atoms with Crippen LogP contribution in [-0.4, -0.2) is 42.1 Å². The van der Waals surface area contributed by atoms with Crippen molar-refractivity contribution in [2.24, 2.45) is 0 Å². The Kier molecular flexibility index (Phi) is 8.30. The minimum absolute atomic E-state index is 0.0445. The van der Waals surface area contributed by atoms with Crippen molar-refractivity contribution >= 4 is 11.5 Å². The molecule has 0 aromatic carbocycles. The van der Waals surface area contributed by atoms with Gasteiger partial charge in [-0.1, -0.05) is 18.9 Å². The Labute approximate surface area is 158 Å². The SMILES string of the molecule is CC1=C(c2ccncc2C)CCN(C)C1.CCC(=O)OC1CCCCC1. The number of nitrogens with zero attached hydrogens (tertiary/aromatic N) is 2. The van der Waals surface area contributed by atoms with Crippen LogP contribution in [0, 0.1) is 6.92 Å². The number of esters is 1. The van der Waals surface area contributed by atoms with Crippen molar-refractivity contribution in [1.29, 1.82) is 0 Å². The number of rotatable bonds is 3. The van der Waals surface area contributed by atoms with Crippen LogP contribution in [0.15, 0.2) is 24.0 Å². The highest BCUT2D eigenvalue weighted by molar-refractivity contribution is 5.71. The summed E-state index contributed by atoms with van der Waals surface area (Å²) in [4.78, 5) is 17.4. The zero-order valence-electron chi connectivity index (χ0n) is 16.9. The van der Waals surface area contributed by atoms with Crippen LogP contribution >= 0.6 is 0 Å². The van der Waals surface area contributed by atoms with E-state index in [0.29, 0.717) is 6.42 Å². The number of carbonyl (C=O) groups excluding carboxylic acids is 1. The quantitative estimate of drug-likeness (QED) is 0.730. The number of ether oxygens (including phenoxy) is 1. The lowest BCUT2D eigenvalue weighted by atomic mass is 9.93. The standard InChI is InChI=1S/C13H18N2.C9H16O2/c1-10-8-14-6-4-12(10)13-5-7-15(3)9-11(13)2;1-2-9(10)11-8-6-4-3-5-7-8/h4,6,8H,5,7,9H2,1-3H3;8H,2-7H2,1H3. The second-order valence-corrected chi connectivity index (χ2v) is 7.54. The molecule has 0 N–H and O–H groups in total. The Bertz CT molecular complexity index is 618. The minimum Gasteiger partial charge on any atom is -0.462 e. The molecule has 4 nitrogen and oxygen atoms in total. The van der Waals surface area contributed by atoms with Crippen molar-refractivity contribution in [3.63, 3.8) is 0 Å². The van der Waals surface area contributed by atoms with E-state index >= 15 is 0 Å². The summed E-state index contributed by atoms with van der Waals surface area (Å²) in [6, 6.07) is 2.14. The largest absolute Gasteiger partial charge is 0.462 e. The molecule has 0 unspecified atom stereocenters. The van der Waals surface area contributed by atoms with E-state index < -0.39 is 0 Å². The molecule has 0 amide bonds. The van der Waals surface area contributed by atoms with Crippen molar-refractivity contribution in [3.8, 4) is 0 Å². The Hall–Kier alpha value is -1.68. The van der Waals surface area contributed by atoms with Crippen LogP contribution in [0.5, 0.6) is 0 Å². The minimum atomic E-state index is -0.0445. The van der Waals surface area contributed by atoms with Crippen LogP contribution in [0.4, 0.5) is 0 Å². The lowest BCUT2D eigenvalue weighted by molar-refractivity contribution is -0.150. The molecule has 1 aliphatic heterocycles. The van der Waals surface area contributed by atoms with E-state index in [-0.39, 0.29) is 12.1 Å². The summed E-state index contributed by atoms with van der Waals surface area (Å²) in [5.41, 5.74) is 5.69. The summed E-state index contributed by atoms with van der Waals surface area (Å²) in [5, 5.41) is 0. The van der Waals surface area contributed by atoms with Gasteiger partial charge in [-0.2, -0.15) is 0 Å². The van der Waals surface area contributed by atoms with Gasteiger partial charge in [-0.3, -0.25) is 9.78 Å². The topological polar surface area (TPSA) is 42.4 Å². The Morgan fingerprint density at radius 3 is 2.62 bits per heavy atom. The van der Waals surface area contributed by atoms with Crippen LogP contribution in [0.25, 0.3) is 5.57 Å². The van der Waals surface area contributed by atoms with Crippen molar-refractivity contribution in [2.75, 3.05) is 20.1 Å². The number of likely N-dealkylation sites (N-methyl/N-ethyl adjacent to an activating group) is 1. The fraction of sp³-hybridized carbons (Fsp3) is 0.636. The predicted molar refractivity (Wildman–Crippen MR) is 107 cm³/mol. The number of pyridine rings is 1. The molecule has 3 rings (SSSR count). The van der Waals surface area contributed by atoms with E-state index in [2.05, 4.69) is 36.8 Å².